The molecule has 3 heteroatoms. The summed E-state index contributed by atoms with van der Waals surface area (Å²) in [5, 5.41) is 3.69. The second kappa shape index (κ2) is 4.51. The molecule has 0 radical (unpaired) electrons. The first-order chi connectivity index (χ1) is 7.18. The van der Waals surface area contributed by atoms with Gasteiger partial charge in [-0.3, -0.25) is 0 Å². The smallest absolute Gasteiger partial charge is 0.0731 e. The Bertz CT molecular complexity index is 252. The monoisotopic (exact) mass is 245 g/mol. The Balaban J connectivity index is 2.49. The predicted molar refractivity (Wildman–Crippen MR) is 73.2 cm³/mol. The predicted octanol–water partition coefficient (Wildman–Crippen LogP) is 2.92. The van der Waals surface area contributed by atoms with E-state index < -0.39 is 0 Å². The van der Waals surface area contributed by atoms with E-state index >= 15 is 0 Å². The van der Waals surface area contributed by atoms with E-state index in [1.54, 1.807) is 0 Å². The lowest BCUT2D eigenvalue weighted by Crippen LogP contribution is -2.68. The highest BCUT2D eigenvalue weighted by atomic mass is 32.2. The Morgan fingerprint density at radius 1 is 1.38 bits per heavy atom. The second-order valence-electron chi connectivity index (χ2n) is 6.26. The van der Waals surface area contributed by atoms with Gasteiger partial charge >= 0.3 is 0 Å². The fourth-order valence-electron chi connectivity index (χ4n) is 2.26. The van der Waals surface area contributed by atoms with Gasteiger partial charge in [0.25, 0.3) is 0 Å². The highest BCUT2D eigenvalue weighted by Gasteiger charge is 2.57. The summed E-state index contributed by atoms with van der Waals surface area (Å²) in [4.78, 5) is 0. The van der Waals surface area contributed by atoms with Gasteiger partial charge in [0.15, 0.2) is 0 Å². The molecule has 96 valence electrons. The molecule has 1 aliphatic carbocycles. The summed E-state index contributed by atoms with van der Waals surface area (Å²) in [6.45, 7) is 12.4. The van der Waals surface area contributed by atoms with Crippen molar-refractivity contribution in [3.8, 4) is 0 Å². The van der Waals surface area contributed by atoms with Crippen molar-refractivity contribution in [3.05, 3.63) is 0 Å². The van der Waals surface area contributed by atoms with E-state index in [1.807, 2.05) is 18.9 Å². The summed E-state index contributed by atoms with van der Waals surface area (Å²) in [6.07, 6.45) is 3.29. The summed E-state index contributed by atoms with van der Waals surface area (Å²) < 4.78 is 5.95. The van der Waals surface area contributed by atoms with Gasteiger partial charge in [-0.25, -0.2) is 0 Å². The molecule has 1 N–H and O–H groups in total. The van der Waals surface area contributed by atoms with E-state index in [2.05, 4.69) is 46.2 Å². The average Bonchev–Trinajstić information content (AvgIpc) is 2.23. The van der Waals surface area contributed by atoms with Crippen molar-refractivity contribution in [1.82, 2.24) is 5.32 Å². The summed E-state index contributed by atoms with van der Waals surface area (Å²) in [6, 6.07) is 0.573. The zero-order chi connectivity index (χ0) is 12.6. The number of thioether (sulfide) groups is 1. The van der Waals surface area contributed by atoms with Gasteiger partial charge in [-0.1, -0.05) is 13.8 Å². The molecule has 0 aliphatic heterocycles. The molecular formula is C13H27NOS. The van der Waals surface area contributed by atoms with Crippen LogP contribution in [0.3, 0.4) is 0 Å². The zero-order valence-electron chi connectivity index (χ0n) is 11.8. The second-order valence-corrected chi connectivity index (χ2v) is 7.77. The van der Waals surface area contributed by atoms with Crippen molar-refractivity contribution in [2.75, 3.05) is 19.9 Å². The third kappa shape index (κ3) is 2.41. The summed E-state index contributed by atoms with van der Waals surface area (Å²) in [5.41, 5.74) is 0.254. The van der Waals surface area contributed by atoms with Crippen molar-refractivity contribution in [2.45, 2.75) is 57.4 Å². The van der Waals surface area contributed by atoms with Crippen LogP contribution in [0.1, 0.15) is 41.0 Å². The Labute approximate surface area is 105 Å². The van der Waals surface area contributed by atoms with Gasteiger partial charge in [0.05, 0.1) is 5.60 Å². The van der Waals surface area contributed by atoms with Gasteiger partial charge < -0.3 is 10.1 Å². The normalized spacial score (nSPS) is 33.6. The largest absolute Gasteiger partial charge is 0.378 e. The Morgan fingerprint density at radius 3 is 2.31 bits per heavy atom. The van der Waals surface area contributed by atoms with Crippen molar-refractivity contribution < 1.29 is 4.74 Å². The highest BCUT2D eigenvalue weighted by molar-refractivity contribution is 7.99. The molecule has 16 heavy (non-hydrogen) atoms. The topological polar surface area (TPSA) is 21.3 Å². The summed E-state index contributed by atoms with van der Waals surface area (Å²) in [7, 11) is 1.82. The van der Waals surface area contributed by atoms with Gasteiger partial charge in [-0.15, -0.1) is 0 Å². The van der Waals surface area contributed by atoms with Gasteiger partial charge in [-0.05, 0) is 33.4 Å². The van der Waals surface area contributed by atoms with Crippen molar-refractivity contribution in [2.24, 2.45) is 5.41 Å². The number of hydrogen-bond donors (Lipinski definition) is 1. The standard InChI is InChI=1S/C13H27NOS/c1-11(2,16-7)9-14-10-8-13(5,15-6)12(10,3)4/h10,14H,8-9H2,1-7H3. The van der Waals surface area contributed by atoms with Crippen LogP contribution in [-0.2, 0) is 4.74 Å². The van der Waals surface area contributed by atoms with Crippen molar-refractivity contribution >= 4 is 11.8 Å². The third-order valence-corrected chi connectivity index (χ3v) is 5.85. The summed E-state index contributed by atoms with van der Waals surface area (Å²) >= 11 is 1.92. The van der Waals surface area contributed by atoms with Crippen LogP contribution in [0.15, 0.2) is 0 Å². The lowest BCUT2D eigenvalue weighted by atomic mass is 9.56. The van der Waals surface area contributed by atoms with Crippen LogP contribution in [0.4, 0.5) is 0 Å². The highest BCUT2D eigenvalue weighted by Crippen LogP contribution is 2.51. The quantitative estimate of drug-likeness (QED) is 0.805. The minimum Gasteiger partial charge on any atom is -0.378 e. The average molecular weight is 245 g/mol. The third-order valence-electron chi connectivity index (χ3n) is 4.61. The van der Waals surface area contributed by atoms with E-state index in [-0.39, 0.29) is 11.0 Å². The molecule has 0 aromatic carbocycles. The number of methoxy groups -OCH3 is 1. The molecule has 1 fully saturated rings. The van der Waals surface area contributed by atoms with Crippen molar-refractivity contribution in [1.29, 1.82) is 0 Å². The maximum absolute atomic E-state index is 5.63. The van der Waals surface area contributed by atoms with Gasteiger partial charge in [0.2, 0.25) is 0 Å². The van der Waals surface area contributed by atoms with Crippen LogP contribution in [-0.4, -0.2) is 36.3 Å². The Kier molecular flexibility index (Phi) is 4.04. The van der Waals surface area contributed by atoms with Crippen LogP contribution in [0, 0.1) is 5.41 Å². The SMILES string of the molecule is COC1(C)CC(NCC(C)(C)SC)C1(C)C. The first-order valence-corrected chi connectivity index (χ1v) is 7.25. The van der Waals surface area contributed by atoms with E-state index in [4.69, 9.17) is 4.74 Å². The molecule has 0 heterocycles. The van der Waals surface area contributed by atoms with E-state index in [0.717, 1.165) is 13.0 Å². The van der Waals surface area contributed by atoms with E-state index in [0.29, 0.717) is 10.8 Å². The Morgan fingerprint density at radius 2 is 1.94 bits per heavy atom. The van der Waals surface area contributed by atoms with Crippen LogP contribution < -0.4 is 5.32 Å². The molecule has 2 unspecified atom stereocenters. The molecule has 1 saturated carbocycles. The molecule has 0 aromatic rings. The zero-order valence-corrected chi connectivity index (χ0v) is 12.6. The molecule has 2 atom stereocenters. The minimum absolute atomic E-state index is 0.0359. The lowest BCUT2D eigenvalue weighted by Gasteiger charge is -2.59. The number of hydrogen-bond acceptors (Lipinski definition) is 3. The molecule has 2 nitrogen and oxygen atoms in total. The van der Waals surface area contributed by atoms with Gasteiger partial charge in [0.1, 0.15) is 0 Å². The molecule has 0 aromatic heterocycles. The van der Waals surface area contributed by atoms with Crippen LogP contribution in [0.5, 0.6) is 0 Å². The fourth-order valence-corrected chi connectivity index (χ4v) is 2.49. The Hall–Kier alpha value is 0.270. The molecule has 1 rings (SSSR count). The molecule has 1 aliphatic rings. The first kappa shape index (κ1) is 14.3. The maximum Gasteiger partial charge on any atom is 0.0731 e. The van der Waals surface area contributed by atoms with Gasteiger partial charge in [0, 0.05) is 29.9 Å². The number of rotatable bonds is 5. The molecule has 0 spiro atoms. The molecule has 0 bridgehead atoms. The number of ether oxygens (including phenoxy) is 1. The van der Waals surface area contributed by atoms with E-state index in [1.165, 1.54) is 0 Å². The van der Waals surface area contributed by atoms with Crippen LogP contribution in [0.25, 0.3) is 0 Å². The molecule has 0 saturated heterocycles. The van der Waals surface area contributed by atoms with Crippen molar-refractivity contribution in [3.63, 3.8) is 0 Å². The number of nitrogens with one attached hydrogen (secondary N) is 1. The van der Waals surface area contributed by atoms with Crippen LogP contribution in [0.2, 0.25) is 0 Å². The van der Waals surface area contributed by atoms with Gasteiger partial charge in [-0.2, -0.15) is 11.8 Å². The molecule has 0 amide bonds. The van der Waals surface area contributed by atoms with Crippen LogP contribution >= 0.6 is 11.8 Å². The first-order valence-electron chi connectivity index (χ1n) is 6.02. The maximum atomic E-state index is 5.63. The fraction of sp³-hybridized carbons (Fsp3) is 1.00. The molecular weight excluding hydrogens is 218 g/mol. The van der Waals surface area contributed by atoms with E-state index in [9.17, 15) is 0 Å². The lowest BCUT2D eigenvalue weighted by molar-refractivity contribution is -0.180. The minimum atomic E-state index is 0.0359. The summed E-state index contributed by atoms with van der Waals surface area (Å²) in [5.74, 6) is 0.